The number of rotatable bonds is 4. The third kappa shape index (κ3) is 2.84. The molecule has 0 aliphatic rings. The fraction of sp³-hybridized carbons (Fsp3) is 0.286. The van der Waals surface area contributed by atoms with E-state index in [-0.39, 0.29) is 6.04 Å². The molecule has 0 spiro atoms. The zero-order chi connectivity index (χ0) is 13.0. The lowest BCUT2D eigenvalue weighted by molar-refractivity contribution is 0.472. The first-order valence-corrected chi connectivity index (χ1v) is 6.01. The monoisotopic (exact) mass is 243 g/mol. The van der Waals surface area contributed by atoms with Gasteiger partial charge in [-0.05, 0) is 37.6 Å². The number of nitrogens with zero attached hydrogens (tertiary/aromatic N) is 2. The molecule has 0 aliphatic carbocycles. The molecule has 2 rings (SSSR count). The van der Waals surface area contributed by atoms with Gasteiger partial charge in [0.25, 0.3) is 0 Å². The number of hydrogen-bond donors (Lipinski definition) is 1. The molecule has 1 atom stereocenters. The first kappa shape index (κ1) is 12.5. The van der Waals surface area contributed by atoms with E-state index in [2.05, 4.69) is 9.97 Å². The highest BCUT2D eigenvalue weighted by Crippen LogP contribution is 2.23. The minimum Gasteiger partial charge on any atom is -0.454 e. The molecule has 0 aliphatic heterocycles. The smallest absolute Gasteiger partial charge is 0.148 e. The average Bonchev–Trinajstić information content (AvgIpc) is 2.41. The Morgan fingerprint density at radius 2 is 2.11 bits per heavy atom. The van der Waals surface area contributed by atoms with Gasteiger partial charge in [0, 0.05) is 12.2 Å². The fourth-order valence-corrected chi connectivity index (χ4v) is 1.58. The summed E-state index contributed by atoms with van der Waals surface area (Å²) in [5, 5.41) is 0. The first-order chi connectivity index (χ1) is 8.70. The summed E-state index contributed by atoms with van der Waals surface area (Å²) >= 11 is 0. The van der Waals surface area contributed by atoms with Crippen LogP contribution in [0.15, 0.2) is 36.7 Å². The Kier molecular flexibility index (Phi) is 3.89. The highest BCUT2D eigenvalue weighted by molar-refractivity contribution is 5.32. The first-order valence-electron chi connectivity index (χ1n) is 6.01. The van der Waals surface area contributed by atoms with Crippen LogP contribution in [0.25, 0.3) is 0 Å². The van der Waals surface area contributed by atoms with E-state index in [4.69, 9.17) is 10.5 Å². The molecule has 2 heterocycles. The van der Waals surface area contributed by atoms with Crippen LogP contribution in [0.1, 0.15) is 30.8 Å². The van der Waals surface area contributed by atoms with Gasteiger partial charge in [-0.15, -0.1) is 0 Å². The minimum absolute atomic E-state index is 0.0146. The lowest BCUT2D eigenvalue weighted by atomic mass is 10.1. The molecule has 2 N–H and O–H groups in total. The lowest BCUT2D eigenvalue weighted by Crippen LogP contribution is -2.10. The van der Waals surface area contributed by atoms with E-state index in [9.17, 15) is 0 Å². The SMILES string of the molecule is CC[C@@H](N)c1ccc(Oc2cccnc2C)cn1. The molecule has 0 fully saturated rings. The zero-order valence-electron chi connectivity index (χ0n) is 10.6. The van der Waals surface area contributed by atoms with Gasteiger partial charge in [-0.2, -0.15) is 0 Å². The highest BCUT2D eigenvalue weighted by atomic mass is 16.5. The second-order valence-corrected chi connectivity index (χ2v) is 4.12. The molecule has 0 unspecified atom stereocenters. The van der Waals surface area contributed by atoms with E-state index in [1.165, 1.54) is 0 Å². The number of aromatic nitrogens is 2. The van der Waals surface area contributed by atoms with Crippen molar-refractivity contribution in [2.45, 2.75) is 26.3 Å². The van der Waals surface area contributed by atoms with Gasteiger partial charge >= 0.3 is 0 Å². The molecule has 0 radical (unpaired) electrons. The summed E-state index contributed by atoms with van der Waals surface area (Å²) in [5.41, 5.74) is 7.64. The Hall–Kier alpha value is -1.94. The van der Waals surface area contributed by atoms with Crippen LogP contribution in [0, 0.1) is 6.92 Å². The van der Waals surface area contributed by atoms with Gasteiger partial charge in [-0.1, -0.05) is 6.92 Å². The van der Waals surface area contributed by atoms with Crippen molar-refractivity contribution in [2.75, 3.05) is 0 Å². The Labute approximate surface area is 107 Å². The molecular formula is C14H17N3O. The van der Waals surface area contributed by atoms with E-state index in [1.54, 1.807) is 12.4 Å². The molecule has 94 valence electrons. The summed E-state index contributed by atoms with van der Waals surface area (Å²) in [6, 6.07) is 7.49. The third-order valence-electron chi connectivity index (χ3n) is 2.77. The number of hydrogen-bond acceptors (Lipinski definition) is 4. The predicted octanol–water partition coefficient (Wildman–Crippen LogP) is 2.99. The summed E-state index contributed by atoms with van der Waals surface area (Å²) < 4.78 is 5.71. The number of aryl methyl sites for hydroxylation is 1. The van der Waals surface area contributed by atoms with E-state index >= 15 is 0 Å². The van der Waals surface area contributed by atoms with Crippen molar-refractivity contribution in [3.63, 3.8) is 0 Å². The summed E-state index contributed by atoms with van der Waals surface area (Å²) in [5.74, 6) is 1.44. The standard InChI is InChI=1S/C14H17N3O/c1-3-12(15)13-7-6-11(9-17-13)18-14-5-4-8-16-10(14)2/h4-9,12H,3,15H2,1-2H3/t12-/m1/s1. The van der Waals surface area contributed by atoms with Crippen LogP contribution >= 0.6 is 0 Å². The fourth-order valence-electron chi connectivity index (χ4n) is 1.58. The molecule has 2 aromatic heterocycles. The molecule has 0 amide bonds. The van der Waals surface area contributed by atoms with E-state index in [1.807, 2.05) is 38.1 Å². The average molecular weight is 243 g/mol. The molecule has 0 bridgehead atoms. The van der Waals surface area contributed by atoms with Gasteiger partial charge in [0.15, 0.2) is 0 Å². The molecule has 4 nitrogen and oxygen atoms in total. The van der Waals surface area contributed by atoms with Gasteiger partial charge < -0.3 is 10.5 Å². The molecule has 4 heteroatoms. The third-order valence-corrected chi connectivity index (χ3v) is 2.77. The number of nitrogens with two attached hydrogens (primary N) is 1. The number of ether oxygens (including phenoxy) is 1. The summed E-state index contributed by atoms with van der Waals surface area (Å²) in [6.45, 7) is 3.94. The summed E-state index contributed by atoms with van der Waals surface area (Å²) in [7, 11) is 0. The van der Waals surface area contributed by atoms with Crippen LogP contribution in [-0.2, 0) is 0 Å². The molecule has 2 aromatic rings. The van der Waals surface area contributed by atoms with Gasteiger partial charge in [-0.25, -0.2) is 0 Å². The highest BCUT2D eigenvalue weighted by Gasteiger charge is 2.06. The normalized spacial score (nSPS) is 12.2. The largest absolute Gasteiger partial charge is 0.454 e. The Balaban J connectivity index is 2.14. The summed E-state index contributed by atoms with van der Waals surface area (Å²) in [6.07, 6.45) is 4.30. The molecule has 18 heavy (non-hydrogen) atoms. The molecule has 0 aromatic carbocycles. The van der Waals surface area contributed by atoms with Gasteiger partial charge in [-0.3, -0.25) is 9.97 Å². The second-order valence-electron chi connectivity index (χ2n) is 4.12. The van der Waals surface area contributed by atoms with E-state index < -0.39 is 0 Å². The van der Waals surface area contributed by atoms with Crippen molar-refractivity contribution in [3.05, 3.63) is 48.0 Å². The van der Waals surface area contributed by atoms with Gasteiger partial charge in [0.1, 0.15) is 11.5 Å². The van der Waals surface area contributed by atoms with Crippen LogP contribution in [0.3, 0.4) is 0 Å². The van der Waals surface area contributed by atoms with Crippen LogP contribution in [-0.4, -0.2) is 9.97 Å². The minimum atomic E-state index is -0.0146. The van der Waals surface area contributed by atoms with Crippen LogP contribution in [0.4, 0.5) is 0 Å². The lowest BCUT2D eigenvalue weighted by Gasteiger charge is -2.10. The van der Waals surface area contributed by atoms with Crippen molar-refractivity contribution in [2.24, 2.45) is 5.73 Å². The maximum absolute atomic E-state index is 5.91. The maximum atomic E-state index is 5.91. The van der Waals surface area contributed by atoms with Crippen molar-refractivity contribution < 1.29 is 4.74 Å². The second kappa shape index (κ2) is 5.60. The topological polar surface area (TPSA) is 61.0 Å². The van der Waals surface area contributed by atoms with Gasteiger partial charge in [0.2, 0.25) is 0 Å². The van der Waals surface area contributed by atoms with Gasteiger partial charge in [0.05, 0.1) is 17.6 Å². The van der Waals surface area contributed by atoms with Crippen molar-refractivity contribution in [1.82, 2.24) is 9.97 Å². The quantitative estimate of drug-likeness (QED) is 0.896. The molecular weight excluding hydrogens is 226 g/mol. The zero-order valence-corrected chi connectivity index (χ0v) is 10.6. The molecule has 0 saturated heterocycles. The predicted molar refractivity (Wildman–Crippen MR) is 70.5 cm³/mol. The van der Waals surface area contributed by atoms with E-state index in [0.717, 1.165) is 23.6 Å². The summed E-state index contributed by atoms with van der Waals surface area (Å²) in [4.78, 5) is 8.47. The Morgan fingerprint density at radius 3 is 2.72 bits per heavy atom. The molecule has 0 saturated carbocycles. The van der Waals surface area contributed by atoms with Crippen LogP contribution in [0.5, 0.6) is 11.5 Å². The van der Waals surface area contributed by atoms with Crippen LogP contribution < -0.4 is 10.5 Å². The van der Waals surface area contributed by atoms with Crippen LogP contribution in [0.2, 0.25) is 0 Å². The number of pyridine rings is 2. The van der Waals surface area contributed by atoms with E-state index in [0.29, 0.717) is 5.75 Å². The Morgan fingerprint density at radius 1 is 1.28 bits per heavy atom. The van der Waals surface area contributed by atoms with Crippen molar-refractivity contribution in [1.29, 1.82) is 0 Å². The maximum Gasteiger partial charge on any atom is 0.148 e. The van der Waals surface area contributed by atoms with Crippen molar-refractivity contribution in [3.8, 4) is 11.5 Å². The Bertz CT molecular complexity index is 511. The van der Waals surface area contributed by atoms with Crippen molar-refractivity contribution >= 4 is 0 Å².